The highest BCUT2D eigenvalue weighted by atomic mass is 16.5. The van der Waals surface area contributed by atoms with Gasteiger partial charge >= 0.3 is 0 Å². The van der Waals surface area contributed by atoms with Crippen molar-refractivity contribution in [3.05, 3.63) is 80.0 Å². The third-order valence-electron chi connectivity index (χ3n) is 4.17. The van der Waals surface area contributed by atoms with Gasteiger partial charge in [-0.3, -0.25) is 0 Å². The van der Waals surface area contributed by atoms with Gasteiger partial charge in [-0.1, -0.05) is 30.4 Å². The van der Waals surface area contributed by atoms with Crippen LogP contribution >= 0.6 is 0 Å². The summed E-state index contributed by atoms with van der Waals surface area (Å²) in [4.78, 5) is 0. The van der Waals surface area contributed by atoms with Crippen LogP contribution in [0.15, 0.2) is 74.4 Å². The van der Waals surface area contributed by atoms with Crippen LogP contribution in [-0.2, 0) is 0 Å². The molecule has 2 nitrogen and oxygen atoms in total. The van der Waals surface area contributed by atoms with E-state index in [1.54, 1.807) is 12.1 Å². The summed E-state index contributed by atoms with van der Waals surface area (Å²) in [6.07, 6.45) is 10.1. The van der Waals surface area contributed by atoms with E-state index in [0.29, 0.717) is 31.4 Å². The van der Waals surface area contributed by atoms with Crippen LogP contribution in [0.25, 0.3) is 5.57 Å². The standard InChI is InChI=1S/C21H24O2/c1-5-10-16-17(11-6-2)21(14-7-3,15-8-4)23-19-13-9-12-18(22)20(16)19/h5-9,12-13,22H,1-4,10-11,14-15H2. The molecule has 0 bridgehead atoms. The van der Waals surface area contributed by atoms with Crippen LogP contribution in [0.1, 0.15) is 31.2 Å². The van der Waals surface area contributed by atoms with Crippen molar-refractivity contribution in [2.75, 3.05) is 0 Å². The summed E-state index contributed by atoms with van der Waals surface area (Å²) in [6, 6.07) is 5.37. The van der Waals surface area contributed by atoms with Gasteiger partial charge in [0.2, 0.25) is 0 Å². The Morgan fingerprint density at radius 2 is 1.61 bits per heavy atom. The van der Waals surface area contributed by atoms with Gasteiger partial charge in [0.05, 0.1) is 5.56 Å². The Kier molecular flexibility index (Phi) is 5.28. The zero-order valence-corrected chi connectivity index (χ0v) is 13.6. The first-order valence-electron chi connectivity index (χ1n) is 7.81. The van der Waals surface area contributed by atoms with Gasteiger partial charge in [0.15, 0.2) is 0 Å². The molecule has 120 valence electrons. The predicted molar refractivity (Wildman–Crippen MR) is 97.6 cm³/mol. The zero-order chi connectivity index (χ0) is 16.9. The molecule has 0 unspecified atom stereocenters. The van der Waals surface area contributed by atoms with Crippen LogP contribution in [0.4, 0.5) is 0 Å². The molecule has 1 heterocycles. The second kappa shape index (κ2) is 7.19. The van der Waals surface area contributed by atoms with Gasteiger partial charge in [-0.05, 0) is 36.1 Å². The monoisotopic (exact) mass is 308 g/mol. The maximum absolute atomic E-state index is 10.4. The molecule has 2 heteroatoms. The molecule has 1 N–H and O–H groups in total. The van der Waals surface area contributed by atoms with Gasteiger partial charge in [0.25, 0.3) is 0 Å². The number of phenols is 1. The van der Waals surface area contributed by atoms with Crippen molar-refractivity contribution < 1.29 is 9.84 Å². The first kappa shape index (κ1) is 16.9. The van der Waals surface area contributed by atoms with Crippen LogP contribution in [0.5, 0.6) is 11.5 Å². The molecule has 0 radical (unpaired) electrons. The Balaban J connectivity index is 2.78. The molecule has 1 aliphatic heterocycles. The first-order chi connectivity index (χ1) is 11.1. The van der Waals surface area contributed by atoms with Crippen molar-refractivity contribution in [1.29, 1.82) is 0 Å². The largest absolute Gasteiger partial charge is 0.507 e. The second-order valence-corrected chi connectivity index (χ2v) is 5.67. The minimum atomic E-state index is -0.531. The van der Waals surface area contributed by atoms with E-state index in [4.69, 9.17) is 4.74 Å². The normalized spacial score (nSPS) is 15.3. The number of ether oxygens (including phenoxy) is 1. The molecule has 1 aliphatic rings. The second-order valence-electron chi connectivity index (χ2n) is 5.67. The van der Waals surface area contributed by atoms with Gasteiger partial charge < -0.3 is 9.84 Å². The Morgan fingerprint density at radius 1 is 0.957 bits per heavy atom. The smallest absolute Gasteiger partial charge is 0.138 e. The number of aromatic hydroxyl groups is 1. The molecule has 0 atom stereocenters. The molecule has 2 rings (SSSR count). The Hall–Kier alpha value is -2.48. The SMILES string of the molecule is C=CCC1=C(CC=C)C(CC=C)(CC=C)Oc2cccc(O)c21. The molecule has 0 saturated carbocycles. The topological polar surface area (TPSA) is 29.5 Å². The summed E-state index contributed by atoms with van der Waals surface area (Å²) in [6.45, 7) is 15.5. The van der Waals surface area contributed by atoms with Gasteiger partial charge in [-0.2, -0.15) is 0 Å². The maximum Gasteiger partial charge on any atom is 0.138 e. The van der Waals surface area contributed by atoms with E-state index in [2.05, 4.69) is 26.3 Å². The highest BCUT2D eigenvalue weighted by Crippen LogP contribution is 2.49. The highest BCUT2D eigenvalue weighted by Gasteiger charge is 2.40. The van der Waals surface area contributed by atoms with E-state index in [0.717, 1.165) is 16.7 Å². The average molecular weight is 308 g/mol. The number of fused-ring (bicyclic) bond motifs is 1. The van der Waals surface area contributed by atoms with Crippen molar-refractivity contribution in [3.8, 4) is 11.5 Å². The molecular formula is C21H24O2. The molecule has 0 aliphatic carbocycles. The lowest BCUT2D eigenvalue weighted by molar-refractivity contribution is 0.106. The van der Waals surface area contributed by atoms with Crippen molar-refractivity contribution in [3.63, 3.8) is 0 Å². The quantitative estimate of drug-likeness (QED) is 0.635. The summed E-state index contributed by atoms with van der Waals surface area (Å²) in [5.74, 6) is 0.921. The fraction of sp³-hybridized carbons (Fsp3) is 0.238. The molecule has 0 amide bonds. The minimum Gasteiger partial charge on any atom is -0.507 e. The Bertz CT molecular complexity index is 654. The van der Waals surface area contributed by atoms with Crippen LogP contribution in [0.2, 0.25) is 0 Å². The fourth-order valence-corrected chi connectivity index (χ4v) is 3.31. The van der Waals surface area contributed by atoms with Gasteiger partial charge in [0.1, 0.15) is 17.1 Å². The molecule has 0 aromatic heterocycles. The van der Waals surface area contributed by atoms with Crippen molar-refractivity contribution >= 4 is 5.57 Å². The lowest BCUT2D eigenvalue weighted by atomic mass is 9.77. The van der Waals surface area contributed by atoms with Crippen molar-refractivity contribution in [2.24, 2.45) is 0 Å². The van der Waals surface area contributed by atoms with Crippen LogP contribution in [0.3, 0.4) is 0 Å². The zero-order valence-electron chi connectivity index (χ0n) is 13.6. The number of phenolic OH excluding ortho intramolecular Hbond substituents is 1. The molecule has 0 spiro atoms. The lowest BCUT2D eigenvalue weighted by Crippen LogP contribution is -2.40. The average Bonchev–Trinajstić information content (AvgIpc) is 2.51. The van der Waals surface area contributed by atoms with Crippen LogP contribution in [-0.4, -0.2) is 10.7 Å². The number of hydrogen-bond acceptors (Lipinski definition) is 2. The fourth-order valence-electron chi connectivity index (χ4n) is 3.31. The van der Waals surface area contributed by atoms with Gasteiger partial charge in [0, 0.05) is 12.8 Å². The van der Waals surface area contributed by atoms with Crippen molar-refractivity contribution in [2.45, 2.75) is 31.3 Å². The maximum atomic E-state index is 10.4. The van der Waals surface area contributed by atoms with Gasteiger partial charge in [-0.25, -0.2) is 0 Å². The number of rotatable bonds is 8. The Morgan fingerprint density at radius 3 is 2.17 bits per heavy atom. The van der Waals surface area contributed by atoms with E-state index in [9.17, 15) is 5.11 Å². The summed E-state index contributed by atoms with van der Waals surface area (Å²) < 4.78 is 6.38. The van der Waals surface area contributed by atoms with E-state index in [-0.39, 0.29) is 5.75 Å². The summed E-state index contributed by atoms with van der Waals surface area (Å²) in [5.41, 5.74) is 2.40. The van der Waals surface area contributed by atoms with E-state index < -0.39 is 5.60 Å². The van der Waals surface area contributed by atoms with E-state index >= 15 is 0 Å². The molecule has 1 aromatic carbocycles. The van der Waals surface area contributed by atoms with Crippen LogP contribution < -0.4 is 4.74 Å². The summed E-state index contributed by atoms with van der Waals surface area (Å²) in [7, 11) is 0. The first-order valence-corrected chi connectivity index (χ1v) is 7.81. The molecule has 1 aromatic rings. The minimum absolute atomic E-state index is 0.228. The Labute approximate surface area is 138 Å². The number of benzene rings is 1. The highest BCUT2D eigenvalue weighted by molar-refractivity contribution is 5.81. The summed E-state index contributed by atoms with van der Waals surface area (Å²) >= 11 is 0. The summed E-state index contributed by atoms with van der Waals surface area (Å²) in [5, 5.41) is 10.4. The third-order valence-corrected chi connectivity index (χ3v) is 4.17. The van der Waals surface area contributed by atoms with E-state index in [1.165, 1.54) is 0 Å². The molecule has 0 saturated heterocycles. The number of hydrogen-bond donors (Lipinski definition) is 1. The van der Waals surface area contributed by atoms with E-state index in [1.807, 2.05) is 30.4 Å². The third kappa shape index (κ3) is 3.02. The molecule has 23 heavy (non-hydrogen) atoms. The van der Waals surface area contributed by atoms with Crippen molar-refractivity contribution in [1.82, 2.24) is 0 Å². The van der Waals surface area contributed by atoms with Gasteiger partial charge in [-0.15, -0.1) is 26.3 Å². The lowest BCUT2D eigenvalue weighted by Gasteiger charge is -2.41. The number of allylic oxidation sites excluding steroid dienone is 3. The predicted octanol–water partition coefficient (Wildman–Crippen LogP) is 5.58. The van der Waals surface area contributed by atoms with Crippen LogP contribution in [0, 0.1) is 0 Å². The molecular weight excluding hydrogens is 284 g/mol. The molecule has 0 fully saturated rings.